The summed E-state index contributed by atoms with van der Waals surface area (Å²) in [7, 11) is 3.30. The van der Waals surface area contributed by atoms with E-state index in [1.165, 1.54) is 5.56 Å². The van der Waals surface area contributed by atoms with Gasteiger partial charge in [-0.25, -0.2) is 0 Å². The first-order chi connectivity index (χ1) is 9.22. The molecule has 100 valence electrons. The number of ether oxygens (including phenoxy) is 2. The summed E-state index contributed by atoms with van der Waals surface area (Å²) in [6.07, 6.45) is 0. The predicted octanol–water partition coefficient (Wildman–Crippen LogP) is 3.88. The Morgan fingerprint density at radius 3 is 2.00 bits per heavy atom. The summed E-state index contributed by atoms with van der Waals surface area (Å²) >= 11 is 0. The minimum Gasteiger partial charge on any atom is -0.497 e. The van der Waals surface area contributed by atoms with Gasteiger partial charge in [0.2, 0.25) is 0 Å². The number of anilines is 1. The molecule has 0 fully saturated rings. The minimum absolute atomic E-state index is 0.220. The lowest BCUT2D eigenvalue weighted by molar-refractivity contribution is 0.394. The topological polar surface area (TPSA) is 30.5 Å². The smallest absolute Gasteiger partial charge is 0.124 e. The Hall–Kier alpha value is -2.16. The van der Waals surface area contributed by atoms with Gasteiger partial charge in [0, 0.05) is 29.9 Å². The molecule has 0 unspecified atom stereocenters. The van der Waals surface area contributed by atoms with Crippen LogP contribution in [0.3, 0.4) is 0 Å². The van der Waals surface area contributed by atoms with Crippen molar-refractivity contribution in [3.8, 4) is 11.5 Å². The van der Waals surface area contributed by atoms with Gasteiger partial charge < -0.3 is 14.8 Å². The molecule has 0 amide bonds. The maximum atomic E-state index is 5.26. The number of rotatable bonds is 5. The van der Waals surface area contributed by atoms with Crippen LogP contribution >= 0.6 is 0 Å². The van der Waals surface area contributed by atoms with Gasteiger partial charge in [0.05, 0.1) is 14.2 Å². The average molecular weight is 257 g/mol. The van der Waals surface area contributed by atoms with Crippen LogP contribution in [0.15, 0.2) is 48.5 Å². The number of nitrogens with one attached hydrogen (secondary N) is 1. The van der Waals surface area contributed by atoms with Gasteiger partial charge in [0.1, 0.15) is 11.5 Å². The molecule has 0 radical (unpaired) electrons. The molecule has 0 aliphatic rings. The monoisotopic (exact) mass is 257 g/mol. The lowest BCUT2D eigenvalue weighted by Gasteiger charge is -2.17. The molecule has 2 rings (SSSR count). The minimum atomic E-state index is 0.220. The molecule has 0 spiro atoms. The van der Waals surface area contributed by atoms with Crippen LogP contribution in [0.2, 0.25) is 0 Å². The van der Waals surface area contributed by atoms with Crippen LogP contribution in [0.5, 0.6) is 11.5 Å². The first kappa shape index (κ1) is 13.3. The third-order valence-electron chi connectivity index (χ3n) is 3.03. The Bertz CT molecular complexity index is 503. The number of benzene rings is 2. The van der Waals surface area contributed by atoms with Gasteiger partial charge in [-0.15, -0.1) is 0 Å². The van der Waals surface area contributed by atoms with Crippen molar-refractivity contribution in [1.29, 1.82) is 0 Å². The van der Waals surface area contributed by atoms with Crippen LogP contribution < -0.4 is 14.8 Å². The quantitative estimate of drug-likeness (QED) is 0.881. The van der Waals surface area contributed by atoms with E-state index >= 15 is 0 Å². The third-order valence-corrected chi connectivity index (χ3v) is 3.03. The zero-order valence-corrected chi connectivity index (χ0v) is 11.5. The van der Waals surface area contributed by atoms with Crippen molar-refractivity contribution < 1.29 is 9.47 Å². The molecule has 19 heavy (non-hydrogen) atoms. The molecule has 3 nitrogen and oxygen atoms in total. The lowest BCUT2D eigenvalue weighted by atomic mass is 10.1. The first-order valence-corrected chi connectivity index (χ1v) is 6.27. The largest absolute Gasteiger partial charge is 0.497 e. The van der Waals surface area contributed by atoms with Crippen molar-refractivity contribution in [2.75, 3.05) is 19.5 Å². The Morgan fingerprint density at radius 1 is 0.895 bits per heavy atom. The molecule has 0 aliphatic carbocycles. The summed E-state index contributed by atoms with van der Waals surface area (Å²) in [4.78, 5) is 0. The standard InChI is InChI=1S/C16H19NO2/c1-12(13-7-5-4-6-8-13)17-14-9-15(18-2)11-16(10-14)19-3/h4-12,17H,1-3H3/t12-/m0/s1. The highest BCUT2D eigenvalue weighted by Gasteiger charge is 2.07. The fourth-order valence-corrected chi connectivity index (χ4v) is 1.97. The molecule has 0 saturated heterocycles. The SMILES string of the molecule is COc1cc(N[C@@H](C)c2ccccc2)cc(OC)c1. The van der Waals surface area contributed by atoms with Crippen LogP contribution in [-0.4, -0.2) is 14.2 Å². The Labute approximate surface area is 114 Å². The van der Waals surface area contributed by atoms with E-state index in [1.54, 1.807) is 14.2 Å². The summed E-state index contributed by atoms with van der Waals surface area (Å²) in [5.41, 5.74) is 2.22. The zero-order valence-electron chi connectivity index (χ0n) is 11.5. The van der Waals surface area contributed by atoms with Crippen LogP contribution in [0, 0.1) is 0 Å². The van der Waals surface area contributed by atoms with Crippen molar-refractivity contribution in [3.05, 3.63) is 54.1 Å². The maximum Gasteiger partial charge on any atom is 0.124 e. The summed E-state index contributed by atoms with van der Waals surface area (Å²) in [5, 5.41) is 3.45. The molecular formula is C16H19NO2. The van der Waals surface area contributed by atoms with Gasteiger partial charge in [0.15, 0.2) is 0 Å². The summed E-state index contributed by atoms with van der Waals surface area (Å²) in [6, 6.07) is 16.3. The van der Waals surface area contributed by atoms with E-state index < -0.39 is 0 Å². The molecule has 0 bridgehead atoms. The molecule has 3 heteroatoms. The molecule has 0 heterocycles. The van der Waals surface area contributed by atoms with Crippen LogP contribution in [0.4, 0.5) is 5.69 Å². The Kier molecular flexibility index (Phi) is 4.29. The summed E-state index contributed by atoms with van der Waals surface area (Å²) < 4.78 is 10.5. The molecule has 2 aromatic rings. The molecule has 1 atom stereocenters. The predicted molar refractivity (Wildman–Crippen MR) is 78.0 cm³/mol. The summed E-state index contributed by atoms with van der Waals surface area (Å²) in [5.74, 6) is 1.56. The number of hydrogen-bond acceptors (Lipinski definition) is 3. The van der Waals surface area contributed by atoms with Gasteiger partial charge in [-0.05, 0) is 12.5 Å². The van der Waals surface area contributed by atoms with Crippen molar-refractivity contribution in [2.24, 2.45) is 0 Å². The Morgan fingerprint density at radius 2 is 1.47 bits per heavy atom. The highest BCUT2D eigenvalue weighted by Crippen LogP contribution is 2.28. The second-order valence-electron chi connectivity index (χ2n) is 4.38. The second-order valence-corrected chi connectivity index (χ2v) is 4.38. The third kappa shape index (κ3) is 3.41. The molecule has 2 aromatic carbocycles. The Balaban J connectivity index is 2.18. The fourth-order valence-electron chi connectivity index (χ4n) is 1.97. The van der Waals surface area contributed by atoms with Crippen molar-refractivity contribution in [3.63, 3.8) is 0 Å². The van der Waals surface area contributed by atoms with Gasteiger partial charge >= 0.3 is 0 Å². The van der Waals surface area contributed by atoms with E-state index in [9.17, 15) is 0 Å². The average Bonchev–Trinajstić information content (AvgIpc) is 2.47. The zero-order chi connectivity index (χ0) is 13.7. The molecule has 1 N–H and O–H groups in total. The summed E-state index contributed by atoms with van der Waals surface area (Å²) in [6.45, 7) is 2.13. The highest BCUT2D eigenvalue weighted by molar-refractivity contribution is 5.54. The van der Waals surface area contributed by atoms with Crippen LogP contribution in [-0.2, 0) is 0 Å². The lowest BCUT2D eigenvalue weighted by Crippen LogP contribution is -2.06. The van der Waals surface area contributed by atoms with E-state index in [0.717, 1.165) is 17.2 Å². The maximum absolute atomic E-state index is 5.26. The number of methoxy groups -OCH3 is 2. The van der Waals surface area contributed by atoms with E-state index in [1.807, 2.05) is 36.4 Å². The van der Waals surface area contributed by atoms with E-state index in [0.29, 0.717) is 0 Å². The first-order valence-electron chi connectivity index (χ1n) is 6.27. The second kappa shape index (κ2) is 6.14. The van der Waals surface area contributed by atoms with Gasteiger partial charge in [-0.2, -0.15) is 0 Å². The van der Waals surface area contributed by atoms with Gasteiger partial charge in [-0.3, -0.25) is 0 Å². The van der Waals surface area contributed by atoms with Crippen molar-refractivity contribution >= 4 is 5.69 Å². The van der Waals surface area contributed by atoms with Crippen LogP contribution in [0.1, 0.15) is 18.5 Å². The van der Waals surface area contributed by atoms with Crippen LogP contribution in [0.25, 0.3) is 0 Å². The normalized spacial score (nSPS) is 11.7. The van der Waals surface area contributed by atoms with E-state index in [4.69, 9.17) is 9.47 Å². The van der Waals surface area contributed by atoms with E-state index in [2.05, 4.69) is 24.4 Å². The molecular weight excluding hydrogens is 238 g/mol. The molecule has 0 aliphatic heterocycles. The highest BCUT2D eigenvalue weighted by atomic mass is 16.5. The van der Waals surface area contributed by atoms with Crippen molar-refractivity contribution in [1.82, 2.24) is 0 Å². The molecule has 0 aromatic heterocycles. The molecule has 0 saturated carbocycles. The number of hydrogen-bond donors (Lipinski definition) is 1. The van der Waals surface area contributed by atoms with E-state index in [-0.39, 0.29) is 6.04 Å². The van der Waals surface area contributed by atoms with Gasteiger partial charge in [0.25, 0.3) is 0 Å². The van der Waals surface area contributed by atoms with Gasteiger partial charge in [-0.1, -0.05) is 30.3 Å². The fraction of sp³-hybridized carbons (Fsp3) is 0.250. The van der Waals surface area contributed by atoms with Crippen molar-refractivity contribution in [2.45, 2.75) is 13.0 Å².